The van der Waals surface area contributed by atoms with Crippen LogP contribution < -0.4 is 0 Å². The fourth-order valence-electron chi connectivity index (χ4n) is 2.82. The van der Waals surface area contributed by atoms with Crippen LogP contribution in [-0.4, -0.2) is 41.9 Å². The molecule has 0 bridgehead atoms. The summed E-state index contributed by atoms with van der Waals surface area (Å²) in [7, 11) is 0. The fourth-order valence-corrected chi connectivity index (χ4v) is 2.82. The molecule has 0 radical (unpaired) electrons. The van der Waals surface area contributed by atoms with Crippen LogP contribution in [0.4, 0.5) is 0 Å². The molecule has 1 aliphatic heterocycles. The molecular formula is C19H22N2O. The Bertz CT molecular complexity index is 614. The summed E-state index contributed by atoms with van der Waals surface area (Å²) in [6, 6.07) is 18.3. The van der Waals surface area contributed by atoms with Crippen LogP contribution in [0.3, 0.4) is 0 Å². The molecule has 22 heavy (non-hydrogen) atoms. The lowest BCUT2D eigenvalue weighted by Gasteiger charge is -2.34. The van der Waals surface area contributed by atoms with Crippen molar-refractivity contribution in [3.63, 3.8) is 0 Å². The molecule has 1 saturated heterocycles. The number of carbonyl (C=O) groups excluding carboxylic acids is 1. The number of nitrogens with zero attached hydrogens (tertiary/aromatic N) is 2. The highest BCUT2D eigenvalue weighted by Crippen LogP contribution is 2.12. The van der Waals surface area contributed by atoms with E-state index in [1.807, 2.05) is 35.2 Å². The minimum absolute atomic E-state index is 0.149. The van der Waals surface area contributed by atoms with Gasteiger partial charge in [0.05, 0.1) is 0 Å². The van der Waals surface area contributed by atoms with Crippen LogP contribution in [0.25, 0.3) is 0 Å². The van der Waals surface area contributed by atoms with E-state index in [1.165, 1.54) is 11.1 Å². The van der Waals surface area contributed by atoms with Crippen LogP contribution in [-0.2, 0) is 6.54 Å². The number of aryl methyl sites for hydroxylation is 1. The van der Waals surface area contributed by atoms with Crippen molar-refractivity contribution in [3.05, 3.63) is 71.3 Å². The maximum Gasteiger partial charge on any atom is 0.253 e. The summed E-state index contributed by atoms with van der Waals surface area (Å²) >= 11 is 0. The van der Waals surface area contributed by atoms with Gasteiger partial charge < -0.3 is 4.90 Å². The first-order chi connectivity index (χ1) is 10.7. The van der Waals surface area contributed by atoms with Crippen molar-refractivity contribution in [3.8, 4) is 0 Å². The Morgan fingerprint density at radius 2 is 1.55 bits per heavy atom. The van der Waals surface area contributed by atoms with E-state index in [0.717, 1.165) is 38.3 Å². The predicted molar refractivity (Wildman–Crippen MR) is 88.8 cm³/mol. The van der Waals surface area contributed by atoms with E-state index in [1.54, 1.807) is 0 Å². The van der Waals surface area contributed by atoms with E-state index in [-0.39, 0.29) is 5.91 Å². The molecule has 1 amide bonds. The first kappa shape index (κ1) is 14.8. The largest absolute Gasteiger partial charge is 0.336 e. The molecule has 0 aromatic heterocycles. The molecule has 3 heteroatoms. The van der Waals surface area contributed by atoms with Crippen LogP contribution in [0.2, 0.25) is 0 Å². The Morgan fingerprint density at radius 3 is 2.18 bits per heavy atom. The Kier molecular flexibility index (Phi) is 4.54. The molecule has 0 saturated carbocycles. The molecular weight excluding hydrogens is 272 g/mol. The van der Waals surface area contributed by atoms with Crippen molar-refractivity contribution in [2.45, 2.75) is 13.5 Å². The lowest BCUT2D eigenvalue weighted by molar-refractivity contribution is 0.0628. The van der Waals surface area contributed by atoms with Gasteiger partial charge in [0.25, 0.3) is 5.91 Å². The van der Waals surface area contributed by atoms with Gasteiger partial charge in [-0.05, 0) is 24.6 Å². The highest BCUT2D eigenvalue weighted by Gasteiger charge is 2.21. The highest BCUT2D eigenvalue weighted by atomic mass is 16.2. The molecule has 1 aliphatic rings. The molecule has 0 N–H and O–H groups in total. The molecule has 3 nitrogen and oxygen atoms in total. The molecule has 1 fully saturated rings. The van der Waals surface area contributed by atoms with E-state index in [2.05, 4.69) is 36.1 Å². The van der Waals surface area contributed by atoms with Gasteiger partial charge in [0.1, 0.15) is 0 Å². The zero-order valence-electron chi connectivity index (χ0n) is 13.0. The average molecular weight is 294 g/mol. The van der Waals surface area contributed by atoms with Crippen molar-refractivity contribution < 1.29 is 4.79 Å². The predicted octanol–water partition coefficient (Wildman–Crippen LogP) is 2.95. The van der Waals surface area contributed by atoms with Crippen LogP contribution >= 0.6 is 0 Å². The van der Waals surface area contributed by atoms with E-state index in [4.69, 9.17) is 0 Å². The number of amides is 1. The van der Waals surface area contributed by atoms with Gasteiger partial charge in [-0.25, -0.2) is 0 Å². The van der Waals surface area contributed by atoms with Crippen molar-refractivity contribution >= 4 is 5.91 Å². The molecule has 2 aromatic rings. The topological polar surface area (TPSA) is 23.6 Å². The van der Waals surface area contributed by atoms with Crippen LogP contribution in [0, 0.1) is 6.92 Å². The van der Waals surface area contributed by atoms with E-state index in [9.17, 15) is 4.79 Å². The number of carbonyl (C=O) groups is 1. The van der Waals surface area contributed by atoms with Gasteiger partial charge in [-0.2, -0.15) is 0 Å². The smallest absolute Gasteiger partial charge is 0.253 e. The minimum atomic E-state index is 0.149. The monoisotopic (exact) mass is 294 g/mol. The average Bonchev–Trinajstić information content (AvgIpc) is 2.58. The number of benzene rings is 2. The van der Waals surface area contributed by atoms with E-state index >= 15 is 0 Å². The highest BCUT2D eigenvalue weighted by molar-refractivity contribution is 5.94. The van der Waals surface area contributed by atoms with Gasteiger partial charge in [0.2, 0.25) is 0 Å². The molecule has 0 spiro atoms. The van der Waals surface area contributed by atoms with Gasteiger partial charge in [0, 0.05) is 38.3 Å². The second-order valence-electron chi connectivity index (χ2n) is 5.92. The summed E-state index contributed by atoms with van der Waals surface area (Å²) in [6.45, 7) is 6.56. The maximum absolute atomic E-state index is 12.4. The summed E-state index contributed by atoms with van der Waals surface area (Å²) in [5.74, 6) is 0.149. The zero-order chi connectivity index (χ0) is 15.4. The normalized spacial score (nSPS) is 15.8. The summed E-state index contributed by atoms with van der Waals surface area (Å²) in [4.78, 5) is 16.8. The summed E-state index contributed by atoms with van der Waals surface area (Å²) in [6.07, 6.45) is 0. The molecule has 2 aromatic carbocycles. The quantitative estimate of drug-likeness (QED) is 0.869. The van der Waals surface area contributed by atoms with Gasteiger partial charge >= 0.3 is 0 Å². The SMILES string of the molecule is Cc1ccc(CN2CCN(C(=O)c3ccccc3)CC2)cc1. The Morgan fingerprint density at radius 1 is 0.909 bits per heavy atom. The third-order valence-corrected chi connectivity index (χ3v) is 4.21. The van der Waals surface area contributed by atoms with Crippen molar-refractivity contribution in [2.24, 2.45) is 0 Å². The number of hydrogen-bond donors (Lipinski definition) is 0. The first-order valence-corrected chi connectivity index (χ1v) is 7.84. The summed E-state index contributed by atoms with van der Waals surface area (Å²) in [5.41, 5.74) is 3.42. The zero-order valence-corrected chi connectivity index (χ0v) is 13.0. The molecule has 0 aliphatic carbocycles. The van der Waals surface area contributed by atoms with Crippen molar-refractivity contribution in [2.75, 3.05) is 26.2 Å². The first-order valence-electron chi connectivity index (χ1n) is 7.84. The number of hydrogen-bond acceptors (Lipinski definition) is 2. The van der Waals surface area contributed by atoms with Gasteiger partial charge in [-0.1, -0.05) is 48.0 Å². The van der Waals surface area contributed by atoms with E-state index < -0.39 is 0 Å². The van der Waals surface area contributed by atoms with E-state index in [0.29, 0.717) is 0 Å². The molecule has 114 valence electrons. The number of piperazine rings is 1. The van der Waals surface area contributed by atoms with Crippen LogP contribution in [0.5, 0.6) is 0 Å². The number of rotatable bonds is 3. The minimum Gasteiger partial charge on any atom is -0.336 e. The van der Waals surface area contributed by atoms with Crippen molar-refractivity contribution in [1.29, 1.82) is 0 Å². The second kappa shape index (κ2) is 6.75. The summed E-state index contributed by atoms with van der Waals surface area (Å²) < 4.78 is 0. The fraction of sp³-hybridized carbons (Fsp3) is 0.316. The third kappa shape index (κ3) is 3.55. The molecule has 3 rings (SSSR count). The van der Waals surface area contributed by atoms with Gasteiger partial charge in [0.15, 0.2) is 0 Å². The Hall–Kier alpha value is -2.13. The molecule has 0 unspecified atom stereocenters. The Labute approximate surface area is 132 Å². The third-order valence-electron chi connectivity index (χ3n) is 4.21. The second-order valence-corrected chi connectivity index (χ2v) is 5.92. The van der Waals surface area contributed by atoms with Gasteiger partial charge in [-0.15, -0.1) is 0 Å². The maximum atomic E-state index is 12.4. The lowest BCUT2D eigenvalue weighted by atomic mass is 10.1. The van der Waals surface area contributed by atoms with Crippen molar-refractivity contribution in [1.82, 2.24) is 9.80 Å². The molecule has 1 heterocycles. The standard InChI is InChI=1S/C19H22N2O/c1-16-7-9-17(10-8-16)15-20-11-13-21(14-12-20)19(22)18-5-3-2-4-6-18/h2-10H,11-15H2,1H3. The lowest BCUT2D eigenvalue weighted by Crippen LogP contribution is -2.48. The van der Waals surface area contributed by atoms with Crippen LogP contribution in [0.15, 0.2) is 54.6 Å². The molecule has 0 atom stereocenters. The van der Waals surface area contributed by atoms with Crippen LogP contribution in [0.1, 0.15) is 21.5 Å². The Balaban J connectivity index is 1.54. The summed E-state index contributed by atoms with van der Waals surface area (Å²) in [5, 5.41) is 0. The van der Waals surface area contributed by atoms with Gasteiger partial charge in [-0.3, -0.25) is 9.69 Å².